The van der Waals surface area contributed by atoms with Crippen LogP contribution in [0, 0.1) is 5.92 Å². The van der Waals surface area contributed by atoms with E-state index in [1.54, 1.807) is 29.2 Å². The lowest BCUT2D eigenvalue weighted by atomic mass is 9.87. The van der Waals surface area contributed by atoms with Crippen molar-refractivity contribution in [2.24, 2.45) is 5.92 Å². The Bertz CT molecular complexity index is 1790. The smallest absolute Gasteiger partial charge is 0.326 e. The van der Waals surface area contributed by atoms with E-state index in [1.165, 1.54) is 5.56 Å². The van der Waals surface area contributed by atoms with Gasteiger partial charge in [-0.25, -0.2) is 4.79 Å². The van der Waals surface area contributed by atoms with Crippen molar-refractivity contribution in [3.05, 3.63) is 119 Å². The van der Waals surface area contributed by atoms with Gasteiger partial charge < -0.3 is 24.8 Å². The van der Waals surface area contributed by atoms with E-state index in [0.29, 0.717) is 53.9 Å². The second kappa shape index (κ2) is 15.2. The quantitative estimate of drug-likeness (QED) is 0.166. The van der Waals surface area contributed by atoms with Crippen molar-refractivity contribution in [2.45, 2.75) is 83.2 Å². The van der Waals surface area contributed by atoms with E-state index in [0.717, 1.165) is 36.8 Å². The zero-order valence-corrected chi connectivity index (χ0v) is 29.1. The van der Waals surface area contributed by atoms with Gasteiger partial charge in [-0.3, -0.25) is 9.59 Å². The molecule has 6 rings (SSSR count). The van der Waals surface area contributed by atoms with Crippen LogP contribution in [0.3, 0.4) is 0 Å². The third kappa shape index (κ3) is 8.54. The van der Waals surface area contributed by atoms with Crippen molar-refractivity contribution in [2.75, 3.05) is 6.54 Å². The van der Waals surface area contributed by atoms with Crippen LogP contribution in [0.15, 0.2) is 97.1 Å². The molecule has 2 aliphatic rings. The molecular formula is C42H46N2O6. The second-order valence-corrected chi connectivity index (χ2v) is 14.5. The zero-order valence-electron chi connectivity index (χ0n) is 29.1. The molecule has 1 fully saturated rings. The van der Waals surface area contributed by atoms with Crippen molar-refractivity contribution in [3.8, 4) is 23.0 Å². The van der Waals surface area contributed by atoms with E-state index in [2.05, 4.69) is 38.2 Å². The van der Waals surface area contributed by atoms with Crippen molar-refractivity contribution < 1.29 is 29.0 Å². The van der Waals surface area contributed by atoms with Gasteiger partial charge >= 0.3 is 5.97 Å². The summed E-state index contributed by atoms with van der Waals surface area (Å²) in [5, 5.41) is 13.0. The highest BCUT2D eigenvalue weighted by atomic mass is 16.5. The molecule has 1 aliphatic carbocycles. The van der Waals surface area contributed by atoms with Crippen LogP contribution in [0.5, 0.6) is 23.0 Å². The van der Waals surface area contributed by atoms with Crippen LogP contribution < -0.4 is 14.8 Å². The Morgan fingerprint density at radius 1 is 0.820 bits per heavy atom. The predicted octanol–water partition coefficient (Wildman–Crippen LogP) is 8.39. The summed E-state index contributed by atoms with van der Waals surface area (Å²) in [6.45, 7) is 6.86. The number of nitrogens with zero attached hydrogens (tertiary/aromatic N) is 1. The molecule has 0 bridgehead atoms. The van der Waals surface area contributed by atoms with E-state index >= 15 is 0 Å². The lowest BCUT2D eigenvalue weighted by molar-refractivity contribution is -0.145. The number of carbonyl (C=O) groups is 3. The highest BCUT2D eigenvalue weighted by Crippen LogP contribution is 2.37. The summed E-state index contributed by atoms with van der Waals surface area (Å²) in [5.41, 5.74) is 3.56. The van der Waals surface area contributed by atoms with Gasteiger partial charge in [-0.2, -0.15) is 0 Å². The second-order valence-electron chi connectivity index (χ2n) is 14.5. The molecule has 1 unspecified atom stereocenters. The first kappa shape index (κ1) is 34.7. The third-order valence-electron chi connectivity index (χ3n) is 9.76. The Balaban J connectivity index is 1.21. The summed E-state index contributed by atoms with van der Waals surface area (Å²) in [7, 11) is 0. The maximum atomic E-state index is 14.1. The normalized spacial score (nSPS) is 16.7. The summed E-state index contributed by atoms with van der Waals surface area (Å²) in [5.74, 6) is 1.26. The number of benzene rings is 4. The van der Waals surface area contributed by atoms with Crippen molar-refractivity contribution in [3.63, 3.8) is 0 Å². The molecular weight excluding hydrogens is 628 g/mol. The van der Waals surface area contributed by atoms with Gasteiger partial charge in [0.05, 0.1) is 0 Å². The fourth-order valence-corrected chi connectivity index (χ4v) is 6.96. The van der Waals surface area contributed by atoms with Crippen LogP contribution in [0.2, 0.25) is 0 Å². The minimum absolute atomic E-state index is 0.0305. The lowest BCUT2D eigenvalue weighted by Gasteiger charge is -2.37. The van der Waals surface area contributed by atoms with Gasteiger partial charge in [-0.15, -0.1) is 0 Å². The van der Waals surface area contributed by atoms with Gasteiger partial charge in [0, 0.05) is 19.4 Å². The SMILES string of the molecule is CC(C)(C)c1ccc(Oc2ccc3c(c2)CCN(C(=O)CC2CCCC2)C3C(=O)N[C@@H](Cc2ccc(Oc3ccccc3)cc2)C(=O)O)cc1. The molecule has 0 saturated heterocycles. The van der Waals surface area contributed by atoms with Crippen molar-refractivity contribution >= 4 is 17.8 Å². The molecule has 4 aromatic carbocycles. The Morgan fingerprint density at radius 2 is 1.42 bits per heavy atom. The van der Waals surface area contributed by atoms with Crippen LogP contribution >= 0.6 is 0 Å². The minimum Gasteiger partial charge on any atom is -0.480 e. The minimum atomic E-state index is -1.20. The Hall–Kier alpha value is -5.11. The topological polar surface area (TPSA) is 105 Å². The van der Waals surface area contributed by atoms with Gasteiger partial charge in [-0.05, 0) is 101 Å². The molecule has 260 valence electrons. The molecule has 1 heterocycles. The molecule has 0 spiro atoms. The number of nitrogens with one attached hydrogen (secondary N) is 1. The molecule has 2 amide bonds. The van der Waals surface area contributed by atoms with E-state index in [1.807, 2.05) is 60.7 Å². The van der Waals surface area contributed by atoms with Gasteiger partial charge in [0.25, 0.3) is 0 Å². The summed E-state index contributed by atoms with van der Waals surface area (Å²) in [6.07, 6.45) is 5.29. The van der Waals surface area contributed by atoms with E-state index in [-0.39, 0.29) is 17.7 Å². The Morgan fingerprint density at radius 3 is 2.06 bits per heavy atom. The largest absolute Gasteiger partial charge is 0.480 e. The molecule has 8 nitrogen and oxygen atoms in total. The fraction of sp³-hybridized carbons (Fsp3) is 0.357. The summed E-state index contributed by atoms with van der Waals surface area (Å²) >= 11 is 0. The zero-order chi connectivity index (χ0) is 35.3. The Kier molecular flexibility index (Phi) is 10.6. The number of aliphatic carboxylic acids is 1. The van der Waals surface area contributed by atoms with Crippen LogP contribution in [0.25, 0.3) is 0 Å². The highest BCUT2D eigenvalue weighted by molar-refractivity contribution is 5.92. The molecule has 50 heavy (non-hydrogen) atoms. The summed E-state index contributed by atoms with van der Waals surface area (Å²) in [4.78, 5) is 42.0. The summed E-state index contributed by atoms with van der Waals surface area (Å²) < 4.78 is 12.1. The number of hydrogen-bond donors (Lipinski definition) is 2. The first-order valence-electron chi connectivity index (χ1n) is 17.6. The van der Waals surface area contributed by atoms with Crippen LogP contribution in [0.1, 0.15) is 81.2 Å². The molecule has 2 N–H and O–H groups in total. The van der Waals surface area contributed by atoms with E-state index in [4.69, 9.17) is 9.47 Å². The number of para-hydroxylation sites is 1. The molecule has 8 heteroatoms. The molecule has 0 aromatic heterocycles. The maximum Gasteiger partial charge on any atom is 0.326 e. The van der Waals surface area contributed by atoms with Crippen LogP contribution in [0.4, 0.5) is 0 Å². The van der Waals surface area contributed by atoms with E-state index in [9.17, 15) is 19.5 Å². The first-order chi connectivity index (χ1) is 24.0. The number of carboxylic acids is 1. The number of ether oxygens (including phenoxy) is 2. The first-order valence-corrected chi connectivity index (χ1v) is 17.6. The van der Waals surface area contributed by atoms with Crippen LogP contribution in [-0.4, -0.2) is 40.4 Å². The number of carboxylic acid groups (broad SMARTS) is 1. The highest BCUT2D eigenvalue weighted by Gasteiger charge is 2.38. The van der Waals surface area contributed by atoms with Gasteiger partial charge in [0.1, 0.15) is 35.1 Å². The predicted molar refractivity (Wildman–Crippen MR) is 193 cm³/mol. The van der Waals surface area contributed by atoms with Gasteiger partial charge in [0.2, 0.25) is 11.8 Å². The molecule has 2 atom stereocenters. The molecule has 4 aromatic rings. The average molecular weight is 675 g/mol. The summed E-state index contributed by atoms with van der Waals surface area (Å²) in [6, 6.07) is 28.0. The van der Waals surface area contributed by atoms with Crippen molar-refractivity contribution in [1.29, 1.82) is 0 Å². The average Bonchev–Trinajstić information content (AvgIpc) is 3.61. The van der Waals surface area contributed by atoms with Crippen LogP contribution in [-0.2, 0) is 32.6 Å². The standard InChI is InChI=1S/C42H46N2O6/c1-42(2,3)31-15-19-34(20-16-31)50-35-21-22-36-30(27-35)23-24-44(38(45)26-28-9-7-8-10-28)39(36)40(46)43-37(41(47)48)25-29-13-17-33(18-14-29)49-32-11-5-4-6-12-32/h4-6,11-22,27-28,37,39H,7-10,23-26H2,1-3H3,(H,43,46)(H,47,48)/t37-,39?/m0/s1. The van der Waals surface area contributed by atoms with Gasteiger partial charge in [0.15, 0.2) is 0 Å². The number of carbonyl (C=O) groups excluding carboxylic acids is 2. The van der Waals surface area contributed by atoms with Crippen molar-refractivity contribution in [1.82, 2.24) is 10.2 Å². The number of hydrogen-bond acceptors (Lipinski definition) is 5. The van der Waals surface area contributed by atoms with Gasteiger partial charge in [-0.1, -0.05) is 82.1 Å². The van der Waals surface area contributed by atoms with E-state index < -0.39 is 24.0 Å². The lowest BCUT2D eigenvalue weighted by Crippen LogP contribution is -2.51. The fourth-order valence-electron chi connectivity index (χ4n) is 6.96. The molecule has 1 saturated carbocycles. The maximum absolute atomic E-state index is 14.1. The number of amides is 2. The number of fused-ring (bicyclic) bond motifs is 1. The Labute approximate surface area is 294 Å². The number of rotatable bonds is 11. The molecule has 0 radical (unpaired) electrons. The molecule has 1 aliphatic heterocycles. The monoisotopic (exact) mass is 674 g/mol. The third-order valence-corrected chi connectivity index (χ3v) is 9.76.